The van der Waals surface area contributed by atoms with Gasteiger partial charge in [-0.05, 0) is 6.07 Å². The maximum Gasteiger partial charge on any atom is 0.278 e. The first-order valence-corrected chi connectivity index (χ1v) is 6.07. The van der Waals surface area contributed by atoms with Crippen molar-refractivity contribution in [2.45, 2.75) is 11.3 Å². The van der Waals surface area contributed by atoms with Gasteiger partial charge < -0.3 is 4.98 Å². The zero-order valence-electron chi connectivity index (χ0n) is 6.80. The number of hydrogen-bond acceptors (Lipinski definition) is 3. The number of halogens is 4. The van der Waals surface area contributed by atoms with E-state index in [1.807, 2.05) is 0 Å². The quantitative estimate of drug-likeness (QED) is 0.840. The molecule has 1 aromatic heterocycles. The Morgan fingerprint density at radius 3 is 2.27 bits per heavy atom. The van der Waals surface area contributed by atoms with Crippen molar-refractivity contribution in [2.75, 3.05) is 0 Å². The molecule has 1 N–H and O–H groups in total. The molecule has 1 aromatic rings. The molecule has 0 atom stereocenters. The zero-order valence-corrected chi connectivity index (χ0v) is 9.13. The van der Waals surface area contributed by atoms with Gasteiger partial charge in [-0.2, -0.15) is 0 Å². The number of hydrogen-bond donors (Lipinski definition) is 1. The molecule has 0 aromatic carbocycles. The van der Waals surface area contributed by atoms with Crippen LogP contribution in [-0.2, 0) is 9.05 Å². The topological polar surface area (TPSA) is 67.0 Å². The van der Waals surface area contributed by atoms with Gasteiger partial charge in [-0.3, -0.25) is 4.79 Å². The molecule has 1 heterocycles. The molecule has 0 aliphatic carbocycles. The van der Waals surface area contributed by atoms with Crippen LogP contribution in [0.2, 0.25) is 5.02 Å². The van der Waals surface area contributed by atoms with E-state index in [1.54, 1.807) is 4.98 Å². The second kappa shape index (κ2) is 4.07. The minimum atomic E-state index is -4.35. The number of rotatable bonds is 2. The molecule has 0 radical (unpaired) electrons. The summed E-state index contributed by atoms with van der Waals surface area (Å²) in [5, 5.41) is -0.635. The molecule has 0 fully saturated rings. The Balaban J connectivity index is 3.56. The lowest BCUT2D eigenvalue weighted by Crippen LogP contribution is -2.17. The largest absolute Gasteiger partial charge is 0.320 e. The van der Waals surface area contributed by atoms with Crippen molar-refractivity contribution in [3.05, 3.63) is 27.1 Å². The average Bonchev–Trinajstić information content (AvgIpc) is 1.99. The van der Waals surface area contributed by atoms with Crippen molar-refractivity contribution in [3.63, 3.8) is 0 Å². The van der Waals surface area contributed by atoms with Gasteiger partial charge in [0.25, 0.3) is 21.0 Å². The molecule has 0 spiro atoms. The summed E-state index contributed by atoms with van der Waals surface area (Å²) in [5.74, 6) is 0. The summed E-state index contributed by atoms with van der Waals surface area (Å²) in [6.07, 6.45) is -2.96. The first kappa shape index (κ1) is 12.4. The fourth-order valence-corrected chi connectivity index (χ4v) is 2.53. The van der Waals surface area contributed by atoms with E-state index in [9.17, 15) is 22.0 Å². The van der Waals surface area contributed by atoms with E-state index in [-0.39, 0.29) is 0 Å². The summed E-state index contributed by atoms with van der Waals surface area (Å²) < 4.78 is 45.9. The van der Waals surface area contributed by atoms with Gasteiger partial charge in [0.2, 0.25) is 0 Å². The number of H-pyrrole nitrogens is 1. The first-order valence-electron chi connectivity index (χ1n) is 3.39. The monoisotopic (exact) mass is 277 g/mol. The predicted octanol–water partition coefficient (Wildman–Crippen LogP) is 1.89. The highest BCUT2D eigenvalue weighted by Crippen LogP contribution is 2.24. The summed E-state index contributed by atoms with van der Waals surface area (Å²) in [6.45, 7) is 0. The van der Waals surface area contributed by atoms with Crippen LogP contribution in [-0.4, -0.2) is 13.4 Å². The molecule has 9 heteroatoms. The predicted molar refractivity (Wildman–Crippen MR) is 50.1 cm³/mol. The Bertz CT molecular complexity index is 540. The second-order valence-electron chi connectivity index (χ2n) is 2.47. The van der Waals surface area contributed by atoms with Crippen LogP contribution in [0.15, 0.2) is 15.8 Å². The third-order valence-electron chi connectivity index (χ3n) is 1.44. The van der Waals surface area contributed by atoms with Gasteiger partial charge >= 0.3 is 0 Å². The summed E-state index contributed by atoms with van der Waals surface area (Å²) in [6, 6.07) is 0.642. The van der Waals surface area contributed by atoms with Crippen molar-refractivity contribution in [1.29, 1.82) is 0 Å². The fourth-order valence-electron chi connectivity index (χ4n) is 0.879. The molecule has 0 saturated carbocycles. The minimum absolute atomic E-state index is 0.635. The van der Waals surface area contributed by atoms with Gasteiger partial charge in [-0.1, -0.05) is 11.6 Å². The van der Waals surface area contributed by atoms with Crippen molar-refractivity contribution < 1.29 is 17.2 Å². The second-order valence-corrected chi connectivity index (χ2v) is 5.38. The molecule has 0 unspecified atom stereocenters. The molecular formula is C6H3Cl2F2NO3S. The number of alkyl halides is 2. The van der Waals surface area contributed by atoms with Crippen LogP contribution in [0.3, 0.4) is 0 Å². The number of nitrogens with one attached hydrogen (secondary N) is 1. The van der Waals surface area contributed by atoms with Crippen LogP contribution in [0.4, 0.5) is 8.78 Å². The van der Waals surface area contributed by atoms with Gasteiger partial charge in [0.1, 0.15) is 0 Å². The van der Waals surface area contributed by atoms with Crippen molar-refractivity contribution in [3.8, 4) is 0 Å². The van der Waals surface area contributed by atoms with Gasteiger partial charge in [-0.15, -0.1) is 0 Å². The maximum absolute atomic E-state index is 12.1. The first-order chi connectivity index (χ1) is 6.73. The normalized spacial score (nSPS) is 12.1. The molecule has 4 nitrogen and oxygen atoms in total. The zero-order chi connectivity index (χ0) is 11.8. The lowest BCUT2D eigenvalue weighted by Gasteiger charge is -2.02. The van der Waals surface area contributed by atoms with Crippen LogP contribution in [0.1, 0.15) is 12.1 Å². The van der Waals surface area contributed by atoms with E-state index in [0.717, 1.165) is 0 Å². The smallest absolute Gasteiger partial charge is 0.278 e. The van der Waals surface area contributed by atoms with E-state index < -0.39 is 36.6 Å². The summed E-state index contributed by atoms with van der Waals surface area (Å²) in [4.78, 5) is 11.8. The summed E-state index contributed by atoms with van der Waals surface area (Å²) in [7, 11) is 0.526. The fraction of sp³-hybridized carbons (Fsp3) is 0.167. The molecule has 0 aliphatic heterocycles. The lowest BCUT2D eigenvalue weighted by molar-refractivity contribution is 0.145. The van der Waals surface area contributed by atoms with Crippen LogP contribution >= 0.6 is 22.3 Å². The SMILES string of the molecule is O=c1[nH]c(C(F)F)cc(Cl)c1S(=O)(=O)Cl. The highest BCUT2D eigenvalue weighted by atomic mass is 35.7. The molecule has 0 aliphatic rings. The standard InChI is InChI=1S/C6H3Cl2F2NO3S/c7-2-1-3(5(9)10)11-6(12)4(2)15(8,13)14/h1,5H,(H,11,12). The van der Waals surface area contributed by atoms with E-state index in [4.69, 9.17) is 22.3 Å². The van der Waals surface area contributed by atoms with E-state index in [1.165, 1.54) is 0 Å². The van der Waals surface area contributed by atoms with Crippen molar-refractivity contribution in [2.24, 2.45) is 0 Å². The third-order valence-corrected chi connectivity index (χ3v) is 3.21. The van der Waals surface area contributed by atoms with Crippen LogP contribution in [0, 0.1) is 0 Å². The maximum atomic E-state index is 12.1. The number of aromatic nitrogens is 1. The van der Waals surface area contributed by atoms with E-state index in [2.05, 4.69) is 0 Å². The molecule has 15 heavy (non-hydrogen) atoms. The van der Waals surface area contributed by atoms with Gasteiger partial charge in [0, 0.05) is 10.7 Å². The average molecular weight is 278 g/mol. The summed E-state index contributed by atoms with van der Waals surface area (Å²) >= 11 is 5.35. The van der Waals surface area contributed by atoms with Crippen molar-refractivity contribution >= 4 is 31.3 Å². The molecule has 84 valence electrons. The third kappa shape index (κ3) is 2.67. The van der Waals surface area contributed by atoms with Gasteiger partial charge in [-0.25, -0.2) is 17.2 Å². The van der Waals surface area contributed by atoms with E-state index >= 15 is 0 Å². The van der Waals surface area contributed by atoms with Crippen LogP contribution in [0.5, 0.6) is 0 Å². The molecule has 0 amide bonds. The van der Waals surface area contributed by atoms with Gasteiger partial charge in [0.05, 0.1) is 10.7 Å². The van der Waals surface area contributed by atoms with Crippen LogP contribution in [0.25, 0.3) is 0 Å². The Morgan fingerprint density at radius 1 is 1.40 bits per heavy atom. The van der Waals surface area contributed by atoms with E-state index in [0.29, 0.717) is 6.07 Å². The molecule has 1 rings (SSSR count). The number of aromatic amines is 1. The van der Waals surface area contributed by atoms with Crippen LogP contribution < -0.4 is 5.56 Å². The molecule has 0 bridgehead atoms. The Labute approximate surface area is 92.2 Å². The molecular weight excluding hydrogens is 275 g/mol. The number of pyridine rings is 1. The lowest BCUT2D eigenvalue weighted by atomic mass is 10.3. The van der Waals surface area contributed by atoms with Gasteiger partial charge in [0.15, 0.2) is 4.90 Å². The summed E-state index contributed by atoms with van der Waals surface area (Å²) in [5.41, 5.74) is -2.04. The highest BCUT2D eigenvalue weighted by molar-refractivity contribution is 8.13. The Kier molecular flexibility index (Phi) is 3.37. The minimum Gasteiger partial charge on any atom is -0.320 e. The highest BCUT2D eigenvalue weighted by Gasteiger charge is 2.22. The Hall–Kier alpha value is -0.660. The molecule has 0 saturated heterocycles. The Morgan fingerprint density at radius 2 is 1.93 bits per heavy atom. The van der Waals surface area contributed by atoms with Crippen molar-refractivity contribution in [1.82, 2.24) is 4.98 Å².